The van der Waals surface area contributed by atoms with E-state index in [0.29, 0.717) is 6.04 Å². The smallest absolute Gasteiger partial charge is 0.0119 e. The number of rotatable bonds is 4. The molecule has 0 aliphatic carbocycles. The van der Waals surface area contributed by atoms with E-state index in [9.17, 15) is 0 Å². The summed E-state index contributed by atoms with van der Waals surface area (Å²) in [7, 11) is 0. The summed E-state index contributed by atoms with van der Waals surface area (Å²) in [5.74, 6) is 0.803. The maximum atomic E-state index is 3.74. The summed E-state index contributed by atoms with van der Waals surface area (Å²) in [6, 6.07) is 1.42. The second-order valence-electron chi connectivity index (χ2n) is 4.74. The average molecular weight is 198 g/mol. The van der Waals surface area contributed by atoms with Gasteiger partial charge >= 0.3 is 0 Å². The van der Waals surface area contributed by atoms with Crippen LogP contribution in [-0.2, 0) is 0 Å². The van der Waals surface area contributed by atoms with Gasteiger partial charge in [0.25, 0.3) is 0 Å². The van der Waals surface area contributed by atoms with Gasteiger partial charge in [-0.2, -0.15) is 0 Å². The zero-order valence-electron chi connectivity index (χ0n) is 10.2. The molecular formula is C12H26N2. The molecule has 0 saturated carbocycles. The normalized spacial score (nSPS) is 31.7. The zero-order chi connectivity index (χ0) is 10.6. The molecule has 84 valence electrons. The van der Waals surface area contributed by atoms with Gasteiger partial charge in [0.15, 0.2) is 0 Å². The molecule has 1 fully saturated rings. The Balaban J connectivity index is 2.34. The minimum absolute atomic E-state index is 0.677. The van der Waals surface area contributed by atoms with Crippen molar-refractivity contribution in [2.75, 3.05) is 19.6 Å². The van der Waals surface area contributed by atoms with Gasteiger partial charge in [0.1, 0.15) is 0 Å². The van der Waals surface area contributed by atoms with Crippen LogP contribution in [0.3, 0.4) is 0 Å². The highest BCUT2D eigenvalue weighted by Crippen LogP contribution is 2.17. The highest BCUT2D eigenvalue weighted by atomic mass is 15.1. The number of hydrogen-bond donors (Lipinski definition) is 1. The average Bonchev–Trinajstić information content (AvgIpc) is 2.20. The van der Waals surface area contributed by atoms with E-state index in [4.69, 9.17) is 0 Å². The molecule has 0 aromatic heterocycles. The molecule has 1 N–H and O–H groups in total. The number of likely N-dealkylation sites (tertiary alicyclic amines) is 1. The van der Waals surface area contributed by atoms with Crippen molar-refractivity contribution in [2.45, 2.75) is 52.6 Å². The lowest BCUT2D eigenvalue weighted by Crippen LogP contribution is -2.50. The Kier molecular flexibility index (Phi) is 4.90. The molecule has 2 nitrogen and oxygen atoms in total. The molecule has 3 atom stereocenters. The molecular weight excluding hydrogens is 172 g/mol. The topological polar surface area (TPSA) is 15.3 Å². The van der Waals surface area contributed by atoms with E-state index < -0.39 is 0 Å². The summed E-state index contributed by atoms with van der Waals surface area (Å²) < 4.78 is 0. The van der Waals surface area contributed by atoms with Crippen LogP contribution in [0.1, 0.15) is 40.5 Å². The Morgan fingerprint density at radius 1 is 1.43 bits per heavy atom. The largest absolute Gasteiger partial charge is 0.311 e. The lowest BCUT2D eigenvalue weighted by molar-refractivity contribution is 0.147. The summed E-state index contributed by atoms with van der Waals surface area (Å²) in [4.78, 5) is 2.56. The van der Waals surface area contributed by atoms with Gasteiger partial charge in [-0.25, -0.2) is 0 Å². The first kappa shape index (κ1) is 12.0. The van der Waals surface area contributed by atoms with E-state index >= 15 is 0 Å². The van der Waals surface area contributed by atoms with Crippen molar-refractivity contribution in [3.8, 4) is 0 Å². The Bertz CT molecular complexity index is 158. The molecule has 3 unspecified atom stereocenters. The lowest BCUT2D eigenvalue weighted by atomic mass is 9.93. The van der Waals surface area contributed by atoms with Gasteiger partial charge in [0.05, 0.1) is 0 Å². The quantitative estimate of drug-likeness (QED) is 0.744. The zero-order valence-corrected chi connectivity index (χ0v) is 10.2. The van der Waals surface area contributed by atoms with Gasteiger partial charge in [0, 0.05) is 18.6 Å². The van der Waals surface area contributed by atoms with Crippen LogP contribution in [0, 0.1) is 5.92 Å². The van der Waals surface area contributed by atoms with Gasteiger partial charge in [-0.15, -0.1) is 0 Å². The van der Waals surface area contributed by atoms with Gasteiger partial charge < -0.3 is 10.2 Å². The molecule has 1 aliphatic heterocycles. The van der Waals surface area contributed by atoms with E-state index in [2.05, 4.69) is 37.9 Å². The molecule has 0 aromatic carbocycles. The summed E-state index contributed by atoms with van der Waals surface area (Å²) in [5, 5.41) is 3.74. The van der Waals surface area contributed by atoms with Crippen molar-refractivity contribution in [1.29, 1.82) is 0 Å². The van der Waals surface area contributed by atoms with E-state index in [1.807, 2.05) is 0 Å². The molecule has 14 heavy (non-hydrogen) atoms. The fraction of sp³-hybridized carbons (Fsp3) is 1.00. The predicted molar refractivity (Wildman–Crippen MR) is 62.6 cm³/mol. The Hall–Kier alpha value is -0.0800. The van der Waals surface area contributed by atoms with Crippen LogP contribution in [-0.4, -0.2) is 36.6 Å². The van der Waals surface area contributed by atoms with Crippen LogP contribution in [0.2, 0.25) is 0 Å². The molecule has 0 amide bonds. The third-order valence-corrected chi connectivity index (χ3v) is 3.55. The highest BCUT2D eigenvalue weighted by molar-refractivity contribution is 4.83. The lowest BCUT2D eigenvalue weighted by Gasteiger charge is -2.38. The SMILES string of the molecule is CCC(C)NC1CCN(CC)CC1C. The first-order valence-corrected chi connectivity index (χ1v) is 6.15. The van der Waals surface area contributed by atoms with Crippen LogP contribution in [0.4, 0.5) is 0 Å². The minimum Gasteiger partial charge on any atom is -0.311 e. The second kappa shape index (κ2) is 5.72. The predicted octanol–water partition coefficient (Wildman–Crippen LogP) is 2.10. The van der Waals surface area contributed by atoms with Crippen molar-refractivity contribution in [3.05, 3.63) is 0 Å². The Morgan fingerprint density at radius 3 is 2.64 bits per heavy atom. The fourth-order valence-electron chi connectivity index (χ4n) is 2.25. The van der Waals surface area contributed by atoms with E-state index in [1.54, 1.807) is 0 Å². The van der Waals surface area contributed by atoms with Crippen LogP contribution in [0.15, 0.2) is 0 Å². The summed E-state index contributed by atoms with van der Waals surface area (Å²) in [6.07, 6.45) is 2.56. The monoisotopic (exact) mass is 198 g/mol. The standard InChI is InChI=1S/C12H26N2/c1-5-11(4)13-12-7-8-14(6-2)9-10(12)3/h10-13H,5-9H2,1-4H3. The van der Waals surface area contributed by atoms with Crippen molar-refractivity contribution in [2.24, 2.45) is 5.92 Å². The van der Waals surface area contributed by atoms with E-state index in [0.717, 1.165) is 12.0 Å². The van der Waals surface area contributed by atoms with Gasteiger partial charge in [-0.3, -0.25) is 0 Å². The molecule has 1 saturated heterocycles. The van der Waals surface area contributed by atoms with Gasteiger partial charge in [0.2, 0.25) is 0 Å². The van der Waals surface area contributed by atoms with Crippen molar-refractivity contribution >= 4 is 0 Å². The molecule has 0 aromatic rings. The molecule has 0 spiro atoms. The molecule has 0 bridgehead atoms. The molecule has 1 aliphatic rings. The minimum atomic E-state index is 0.677. The number of hydrogen-bond acceptors (Lipinski definition) is 2. The van der Waals surface area contributed by atoms with Crippen LogP contribution < -0.4 is 5.32 Å². The van der Waals surface area contributed by atoms with Gasteiger partial charge in [-0.1, -0.05) is 20.8 Å². The summed E-state index contributed by atoms with van der Waals surface area (Å²) >= 11 is 0. The molecule has 1 heterocycles. The highest BCUT2D eigenvalue weighted by Gasteiger charge is 2.25. The number of nitrogens with zero attached hydrogens (tertiary/aromatic N) is 1. The third-order valence-electron chi connectivity index (χ3n) is 3.55. The second-order valence-corrected chi connectivity index (χ2v) is 4.74. The molecule has 1 rings (SSSR count). The number of nitrogens with one attached hydrogen (secondary N) is 1. The fourth-order valence-corrected chi connectivity index (χ4v) is 2.25. The van der Waals surface area contributed by atoms with Crippen molar-refractivity contribution < 1.29 is 0 Å². The summed E-state index contributed by atoms with van der Waals surface area (Å²) in [5.41, 5.74) is 0. The third kappa shape index (κ3) is 3.25. The van der Waals surface area contributed by atoms with E-state index in [-0.39, 0.29) is 0 Å². The van der Waals surface area contributed by atoms with Crippen LogP contribution in [0.5, 0.6) is 0 Å². The van der Waals surface area contributed by atoms with E-state index in [1.165, 1.54) is 32.5 Å². The maximum Gasteiger partial charge on any atom is 0.0119 e. The van der Waals surface area contributed by atoms with Gasteiger partial charge in [-0.05, 0) is 38.8 Å². The van der Waals surface area contributed by atoms with Crippen LogP contribution in [0.25, 0.3) is 0 Å². The molecule has 0 radical (unpaired) electrons. The first-order valence-electron chi connectivity index (χ1n) is 6.15. The van der Waals surface area contributed by atoms with Crippen molar-refractivity contribution in [3.63, 3.8) is 0 Å². The summed E-state index contributed by atoms with van der Waals surface area (Å²) in [6.45, 7) is 12.9. The first-order chi connectivity index (χ1) is 6.67. The van der Waals surface area contributed by atoms with Crippen LogP contribution >= 0.6 is 0 Å². The maximum absolute atomic E-state index is 3.74. The molecule has 2 heteroatoms. The van der Waals surface area contributed by atoms with Crippen molar-refractivity contribution in [1.82, 2.24) is 10.2 Å². The Labute approximate surface area is 89.1 Å². The number of piperidine rings is 1. The Morgan fingerprint density at radius 2 is 2.14 bits per heavy atom.